The second-order valence-corrected chi connectivity index (χ2v) is 18.7. The summed E-state index contributed by atoms with van der Waals surface area (Å²) < 4.78 is 38.4. The normalized spacial score (nSPS) is 22.8. The van der Waals surface area contributed by atoms with Crippen molar-refractivity contribution in [1.29, 1.82) is 0 Å². The van der Waals surface area contributed by atoms with Gasteiger partial charge in [0, 0.05) is 48.3 Å². The fourth-order valence-electron chi connectivity index (χ4n) is 10.1. The van der Waals surface area contributed by atoms with E-state index in [1.54, 1.807) is 22.7 Å². The summed E-state index contributed by atoms with van der Waals surface area (Å²) in [5, 5.41) is 25.0. The number of hydrogen-bond donors (Lipinski definition) is 2. The van der Waals surface area contributed by atoms with Gasteiger partial charge in [0.15, 0.2) is 11.5 Å². The zero-order valence-electron chi connectivity index (χ0n) is 37.8. The minimum Gasteiger partial charge on any atom is -0.493 e. The molecule has 14 heteroatoms. The van der Waals surface area contributed by atoms with Gasteiger partial charge in [-0.2, -0.15) is 0 Å². The van der Waals surface area contributed by atoms with Gasteiger partial charge >= 0.3 is 6.09 Å². The lowest BCUT2D eigenvalue weighted by atomic mass is 9.55. The molecule has 2 heterocycles. The van der Waals surface area contributed by atoms with Crippen LogP contribution in [-0.2, 0) is 27.5 Å². The van der Waals surface area contributed by atoms with Crippen LogP contribution in [0.2, 0.25) is 0 Å². The molecule has 1 fully saturated rings. The third-order valence-corrected chi connectivity index (χ3v) is 14.1. The molecule has 0 saturated heterocycles. The van der Waals surface area contributed by atoms with Crippen molar-refractivity contribution in [3.8, 4) is 23.0 Å². The van der Waals surface area contributed by atoms with Crippen molar-refractivity contribution in [2.24, 2.45) is 22.9 Å². The molecular formula is C53H61ClN2O10S. The second kappa shape index (κ2) is 23.7. The van der Waals surface area contributed by atoms with Gasteiger partial charge in [0.05, 0.1) is 30.7 Å². The van der Waals surface area contributed by atoms with E-state index < -0.39 is 23.8 Å². The number of nitrogens with zero attached hydrogens (tertiary/aromatic N) is 2. The van der Waals surface area contributed by atoms with Crippen LogP contribution in [-0.4, -0.2) is 90.2 Å². The summed E-state index contributed by atoms with van der Waals surface area (Å²) in [6.07, 6.45) is 8.18. The molecule has 0 spiro atoms. The fourth-order valence-corrected chi connectivity index (χ4v) is 10.9. The van der Waals surface area contributed by atoms with Crippen molar-refractivity contribution >= 4 is 35.2 Å². The number of allylic oxidation sites excluding steroid dienone is 1. The number of hydrogen-bond acceptors (Lipinski definition) is 12. The molecule has 0 unspecified atom stereocenters. The number of amides is 1. The Hall–Kier alpha value is -5.18. The van der Waals surface area contributed by atoms with E-state index in [-0.39, 0.29) is 76.4 Å². The summed E-state index contributed by atoms with van der Waals surface area (Å²) >= 11 is 7.90. The molecule has 0 radical (unpaired) electrons. The van der Waals surface area contributed by atoms with Crippen LogP contribution in [0.4, 0.5) is 4.79 Å². The molecule has 4 aliphatic rings. The molecule has 2 aliphatic heterocycles. The van der Waals surface area contributed by atoms with Crippen molar-refractivity contribution in [2.75, 3.05) is 51.5 Å². The summed E-state index contributed by atoms with van der Waals surface area (Å²) in [6, 6.07) is 31.0. The highest BCUT2D eigenvalue weighted by Gasteiger charge is 2.65. The number of alkyl halides is 1. The Kier molecular flexibility index (Phi) is 17.1. The quantitative estimate of drug-likeness (QED) is 0.0228. The average Bonchev–Trinajstić information content (AvgIpc) is 3.83. The number of rotatable bonds is 24. The molecule has 12 nitrogen and oxygen atoms in total. The van der Waals surface area contributed by atoms with Crippen LogP contribution in [0.15, 0.2) is 131 Å². The van der Waals surface area contributed by atoms with E-state index in [9.17, 15) is 15.0 Å². The van der Waals surface area contributed by atoms with Crippen LogP contribution in [0.3, 0.4) is 0 Å². The first-order chi connectivity index (χ1) is 33.0. The molecule has 4 aromatic rings. The number of oxime groups is 1. The first kappa shape index (κ1) is 48.3. The number of ether oxygens (including phenoxy) is 6. The Labute approximate surface area is 402 Å². The lowest BCUT2D eigenvalue weighted by molar-refractivity contribution is -0.256. The number of unbranched alkanes of at least 4 members (excludes halogenated alkanes) is 2. The van der Waals surface area contributed by atoms with E-state index in [0.29, 0.717) is 42.4 Å². The summed E-state index contributed by atoms with van der Waals surface area (Å²) in [5.41, 5.74) is 4.32. The van der Waals surface area contributed by atoms with Crippen LogP contribution in [0.1, 0.15) is 67.6 Å². The lowest BCUT2D eigenvalue weighted by Gasteiger charge is -2.59. The van der Waals surface area contributed by atoms with Crippen LogP contribution < -0.4 is 18.9 Å². The number of aliphatic hydroxyl groups is 2. The second-order valence-electron chi connectivity index (χ2n) is 17.2. The van der Waals surface area contributed by atoms with E-state index in [0.717, 1.165) is 59.4 Å². The number of halogens is 1. The molecule has 67 heavy (non-hydrogen) atoms. The monoisotopic (exact) mass is 952 g/mol. The van der Waals surface area contributed by atoms with Crippen molar-refractivity contribution in [2.45, 2.75) is 80.7 Å². The van der Waals surface area contributed by atoms with Crippen LogP contribution in [0.5, 0.6) is 23.0 Å². The molecule has 2 N–H and O–H groups in total. The molecular weight excluding hydrogens is 892 g/mol. The van der Waals surface area contributed by atoms with Gasteiger partial charge in [-0.25, -0.2) is 4.79 Å². The minimum absolute atomic E-state index is 0.0115. The molecule has 356 valence electrons. The SMILES string of the molecule is C=CCO[C@@]12Oc3ccc(OCCSc4ccccc4)cc3[C@H]3[C@H](CCCCO)[C@@H](CCCCO)C=C(C(=NOCc4ccccc4)C[C@@H]1N(Cc1ccc4c(c1)OCO4)C(=O)OCCCl)[C@H]32. The standard InChI is InChI=1S/C53H61ClN2O10S/c1-2-26-64-53-49(56(52(59)61-27-23-54)34-38-19-21-47-48(30-38)63-36-62-47)33-45(55-65-35-37-13-5-3-6-14-37)43-31-39(15-9-11-24-57)42(18-10-12-25-58)50(51(43)53)44-32-40(20-22-46(44)66-53)60-28-29-67-41-16-7-4-8-17-41/h2-8,13-14,16-17,19-22,30-32,39,42,49-51,57-58H,1,9-12,15,18,23-29,33-36H2/t39-,42+,49-,50+,51+,53+/m0/s1. The highest BCUT2D eigenvalue weighted by molar-refractivity contribution is 7.99. The molecule has 4 aromatic carbocycles. The highest BCUT2D eigenvalue weighted by Crippen LogP contribution is 2.62. The van der Waals surface area contributed by atoms with Crippen LogP contribution in [0, 0.1) is 17.8 Å². The molecule has 0 aromatic heterocycles. The Morgan fingerprint density at radius 2 is 1.66 bits per heavy atom. The average molecular weight is 954 g/mol. The van der Waals surface area contributed by atoms with Gasteiger partial charge in [-0.15, -0.1) is 29.9 Å². The summed E-state index contributed by atoms with van der Waals surface area (Å²) in [5.74, 6) is 1.27. The Balaban J connectivity index is 1.28. The van der Waals surface area contributed by atoms with Gasteiger partial charge in [-0.05, 0) is 96.7 Å². The Bertz CT molecular complexity index is 2320. The van der Waals surface area contributed by atoms with Crippen molar-refractivity contribution in [3.63, 3.8) is 0 Å². The molecule has 6 atom stereocenters. The topological polar surface area (TPSA) is 138 Å². The number of fused-ring (bicyclic) bond motifs is 3. The summed E-state index contributed by atoms with van der Waals surface area (Å²) in [7, 11) is 0. The van der Waals surface area contributed by atoms with Gasteiger partial charge < -0.3 is 43.5 Å². The van der Waals surface area contributed by atoms with E-state index >= 15 is 0 Å². The predicted molar refractivity (Wildman–Crippen MR) is 259 cm³/mol. The van der Waals surface area contributed by atoms with Gasteiger partial charge in [-0.1, -0.05) is 84.7 Å². The maximum atomic E-state index is 14.7. The smallest absolute Gasteiger partial charge is 0.410 e. The van der Waals surface area contributed by atoms with Crippen LogP contribution >= 0.6 is 23.4 Å². The third kappa shape index (κ3) is 11.4. The van der Waals surface area contributed by atoms with Gasteiger partial charge in [0.1, 0.15) is 30.8 Å². The Morgan fingerprint density at radius 3 is 2.43 bits per heavy atom. The maximum Gasteiger partial charge on any atom is 0.410 e. The number of thioether (sulfide) groups is 1. The third-order valence-electron chi connectivity index (χ3n) is 13.0. The van der Waals surface area contributed by atoms with Crippen molar-refractivity contribution in [3.05, 3.63) is 138 Å². The Morgan fingerprint density at radius 1 is 0.896 bits per heavy atom. The van der Waals surface area contributed by atoms with E-state index in [1.807, 2.05) is 78.9 Å². The molecule has 0 bridgehead atoms. The van der Waals surface area contributed by atoms with Gasteiger partial charge in [-0.3, -0.25) is 4.90 Å². The fraction of sp³-hybridized carbons (Fsp3) is 0.434. The minimum atomic E-state index is -1.49. The molecule has 8 rings (SSSR count). The molecule has 1 amide bonds. The van der Waals surface area contributed by atoms with Gasteiger partial charge in [0.2, 0.25) is 12.6 Å². The zero-order chi connectivity index (χ0) is 46.4. The first-order valence-electron chi connectivity index (χ1n) is 23.4. The molecule has 1 saturated carbocycles. The summed E-state index contributed by atoms with van der Waals surface area (Å²) in [6.45, 7) is 5.29. The number of carbonyl (C=O) groups excluding carboxylic acids is 1. The van der Waals surface area contributed by atoms with E-state index in [2.05, 4.69) is 30.9 Å². The van der Waals surface area contributed by atoms with Crippen molar-refractivity contribution < 1.29 is 48.3 Å². The predicted octanol–water partition coefficient (Wildman–Crippen LogP) is 10.3. The maximum absolute atomic E-state index is 14.7. The summed E-state index contributed by atoms with van der Waals surface area (Å²) in [4.78, 5) is 23.9. The van der Waals surface area contributed by atoms with Gasteiger partial charge in [0.25, 0.3) is 0 Å². The largest absolute Gasteiger partial charge is 0.493 e. The lowest BCUT2D eigenvalue weighted by Crippen LogP contribution is -2.70. The van der Waals surface area contributed by atoms with E-state index in [1.165, 1.54) is 4.90 Å². The highest BCUT2D eigenvalue weighted by atomic mass is 35.5. The zero-order valence-corrected chi connectivity index (χ0v) is 39.4. The molecule has 2 aliphatic carbocycles. The number of aliphatic hydroxyl groups excluding tert-OH is 2. The van der Waals surface area contributed by atoms with E-state index in [4.69, 9.17) is 50.0 Å². The van der Waals surface area contributed by atoms with Crippen molar-refractivity contribution in [1.82, 2.24) is 4.90 Å². The first-order valence-corrected chi connectivity index (χ1v) is 24.9. The number of carbonyl (C=O) groups is 1. The number of benzene rings is 4. The van der Waals surface area contributed by atoms with Crippen LogP contribution in [0.25, 0.3) is 0 Å².